The Hall–Kier alpha value is -4.08. The molecule has 2 saturated carbocycles. The van der Waals surface area contributed by atoms with Gasteiger partial charge in [0.15, 0.2) is 17.3 Å². The Bertz CT molecular complexity index is 1910. The van der Waals surface area contributed by atoms with Gasteiger partial charge >= 0.3 is 0 Å². The van der Waals surface area contributed by atoms with Gasteiger partial charge in [-0.2, -0.15) is 0 Å². The van der Waals surface area contributed by atoms with Gasteiger partial charge in [0.1, 0.15) is 11.2 Å². The number of H-pyrrole nitrogens is 1. The normalized spacial score (nSPS) is 29.5. The first-order valence-corrected chi connectivity index (χ1v) is 22.3. The molecule has 2 aromatic rings. The molecule has 9 N–H and O–H groups in total. The number of piperidine rings is 1. The van der Waals surface area contributed by atoms with E-state index >= 15 is 0 Å². The molecule has 1 aromatic heterocycles. The monoisotopic (exact) mass is 810 g/mol. The number of nitrogens with two attached hydrogens (primary N) is 1. The van der Waals surface area contributed by atoms with Gasteiger partial charge in [-0.25, -0.2) is 0 Å². The number of hydrogen-bond acceptors (Lipinski definition) is 10. The zero-order chi connectivity index (χ0) is 41.5. The maximum atomic E-state index is 14.3. The quantitative estimate of drug-likeness (QED) is 0.107. The molecular weight excluding hydrogens is 745 g/mol. The summed E-state index contributed by atoms with van der Waals surface area (Å²) in [4.78, 5) is 29.5. The summed E-state index contributed by atoms with van der Waals surface area (Å²) in [6, 6.07) is 5.86. The van der Waals surface area contributed by atoms with Crippen LogP contribution in [0.1, 0.15) is 119 Å². The van der Waals surface area contributed by atoms with Crippen molar-refractivity contribution in [2.45, 2.75) is 133 Å². The highest BCUT2D eigenvalue weighted by Crippen LogP contribution is 2.47. The number of carbonyl (C=O) groups excluding carboxylic acids is 2. The number of aliphatic hydroxyl groups is 3. The van der Waals surface area contributed by atoms with E-state index in [1.54, 1.807) is 12.1 Å². The van der Waals surface area contributed by atoms with Crippen LogP contribution in [0, 0.1) is 40.9 Å². The number of Topliss-reactive ketones (excluding diaryl/α,β-unsaturated/α-hetero) is 2. The zero-order valence-electron chi connectivity index (χ0n) is 34.8. The molecule has 1 spiro atoms. The number of phenols is 1. The van der Waals surface area contributed by atoms with Crippen molar-refractivity contribution in [3.8, 4) is 23.3 Å². The fourth-order valence-electron chi connectivity index (χ4n) is 11.0. The van der Waals surface area contributed by atoms with E-state index in [0.717, 1.165) is 68.2 Å². The standard InChI is InChI=1S/C48H66N4O7/c1-59-44-23-35-7-11-45(57)48(15-12-30(21-46(48)58)19-33(3-2-18-53)38-22-36-6-10-40(55)25-42(36)51-28-38)16-13-32(41(35)26-43(44)56)4-8-39(54)9-5-34-24-47(49)52-29-37(34)20-31-14-17-50-27-31/h14,17,23-24,26-27,30,32-33,36,38-39,42,46,50-54,56,58H,2-12,15,18-22,25,28-29,49H2,1H3. The number of aromatic nitrogens is 1. The van der Waals surface area contributed by atoms with Crippen LogP contribution in [0.5, 0.6) is 11.5 Å². The lowest BCUT2D eigenvalue weighted by molar-refractivity contribution is -0.134. The second-order valence-corrected chi connectivity index (χ2v) is 18.3. The van der Waals surface area contributed by atoms with E-state index in [2.05, 4.69) is 33.5 Å². The average Bonchev–Trinajstić information content (AvgIpc) is 3.76. The van der Waals surface area contributed by atoms with Crippen LogP contribution >= 0.6 is 0 Å². The van der Waals surface area contributed by atoms with Crippen molar-refractivity contribution in [2.24, 2.45) is 34.8 Å². The molecule has 9 unspecified atom stereocenters. The van der Waals surface area contributed by atoms with Gasteiger partial charge in [0, 0.05) is 56.8 Å². The summed E-state index contributed by atoms with van der Waals surface area (Å²) in [6.45, 7) is 1.70. The number of allylic oxidation sites excluding steroid dienone is 2. The highest BCUT2D eigenvalue weighted by atomic mass is 16.5. The third-order valence-corrected chi connectivity index (χ3v) is 14.5. The number of ether oxygens (including phenoxy) is 1. The van der Waals surface area contributed by atoms with Gasteiger partial charge in [-0.15, -0.1) is 0 Å². The topological polar surface area (TPSA) is 190 Å². The molecule has 11 nitrogen and oxygen atoms in total. The lowest BCUT2D eigenvalue weighted by atomic mass is 9.63. The van der Waals surface area contributed by atoms with Crippen LogP contribution in [-0.2, 0) is 22.4 Å². The van der Waals surface area contributed by atoms with Crippen LogP contribution in [0.3, 0.4) is 0 Å². The predicted molar refractivity (Wildman–Crippen MR) is 227 cm³/mol. The molecule has 1 saturated heterocycles. The smallest absolute Gasteiger partial charge is 0.160 e. The Morgan fingerprint density at radius 3 is 2.75 bits per heavy atom. The van der Waals surface area contributed by atoms with Gasteiger partial charge in [0.25, 0.3) is 0 Å². The van der Waals surface area contributed by atoms with Crippen molar-refractivity contribution in [3.05, 3.63) is 70.3 Å². The minimum atomic E-state index is -1.18. The molecule has 5 aliphatic rings. The number of fused-ring (bicyclic) bond motifs is 2. The number of methoxy groups -OCH3 is 1. The fourth-order valence-corrected chi connectivity index (χ4v) is 11.0. The first-order valence-electron chi connectivity index (χ1n) is 22.3. The van der Waals surface area contributed by atoms with Gasteiger partial charge in [-0.3, -0.25) is 9.59 Å². The van der Waals surface area contributed by atoms with E-state index < -0.39 is 17.6 Å². The number of aromatic hydroxyl groups is 1. The maximum Gasteiger partial charge on any atom is 0.160 e. The molecule has 3 aliphatic carbocycles. The number of benzene rings is 1. The Labute approximate surface area is 349 Å². The maximum absolute atomic E-state index is 14.3. The minimum Gasteiger partial charge on any atom is -0.504 e. The number of phenolic OH excluding ortho intramolecular Hbond substituents is 1. The summed E-state index contributed by atoms with van der Waals surface area (Å²) in [7, 11) is 1.51. The largest absolute Gasteiger partial charge is 0.504 e. The molecule has 3 heterocycles. The number of aliphatic hydroxyl groups excluding tert-OH is 3. The summed E-state index contributed by atoms with van der Waals surface area (Å²) in [6.07, 6.45) is 15.8. The van der Waals surface area contributed by atoms with E-state index in [0.29, 0.717) is 99.4 Å². The lowest BCUT2D eigenvalue weighted by Gasteiger charge is -2.44. The summed E-state index contributed by atoms with van der Waals surface area (Å²) in [5.74, 6) is 9.37. The number of hydrogen-bond donors (Lipinski definition) is 8. The number of aromatic amines is 1. The number of aryl methyl sites for hydroxylation is 1. The Balaban J connectivity index is 1.05. The van der Waals surface area contributed by atoms with Crippen molar-refractivity contribution in [1.29, 1.82) is 0 Å². The summed E-state index contributed by atoms with van der Waals surface area (Å²) in [5, 5.41) is 51.1. The second kappa shape index (κ2) is 19.5. The number of carbonyl (C=O) groups is 2. The van der Waals surface area contributed by atoms with Gasteiger partial charge in [0.2, 0.25) is 0 Å². The van der Waals surface area contributed by atoms with Crippen LogP contribution < -0.4 is 21.1 Å². The Morgan fingerprint density at radius 2 is 1.97 bits per heavy atom. The van der Waals surface area contributed by atoms with E-state index in [-0.39, 0.29) is 42.4 Å². The van der Waals surface area contributed by atoms with Crippen LogP contribution in [0.15, 0.2) is 53.6 Å². The second-order valence-electron chi connectivity index (χ2n) is 18.3. The third-order valence-electron chi connectivity index (χ3n) is 14.5. The lowest BCUT2D eigenvalue weighted by Crippen LogP contribution is -2.50. The predicted octanol–water partition coefficient (Wildman–Crippen LogP) is 5.47. The van der Waals surface area contributed by atoms with Crippen molar-refractivity contribution in [3.63, 3.8) is 0 Å². The first-order chi connectivity index (χ1) is 28.5. The Kier molecular flexibility index (Phi) is 14.2. The highest BCUT2D eigenvalue weighted by Gasteiger charge is 2.48. The number of nitrogens with one attached hydrogen (secondary N) is 3. The van der Waals surface area contributed by atoms with Crippen molar-refractivity contribution < 1.29 is 34.8 Å². The Morgan fingerprint density at radius 1 is 1.10 bits per heavy atom. The minimum absolute atomic E-state index is 0.00742. The first kappa shape index (κ1) is 43.0. The molecule has 3 fully saturated rings. The third kappa shape index (κ3) is 10.3. The van der Waals surface area contributed by atoms with Crippen LogP contribution in [0.2, 0.25) is 0 Å². The molecule has 7 rings (SSSR count). The molecule has 320 valence electrons. The molecule has 0 amide bonds. The molecule has 11 heteroatoms. The van der Waals surface area contributed by atoms with E-state index in [9.17, 15) is 30.0 Å². The van der Waals surface area contributed by atoms with Crippen molar-refractivity contribution in [1.82, 2.24) is 15.6 Å². The molecule has 0 bridgehead atoms. The van der Waals surface area contributed by atoms with Gasteiger partial charge in [-0.05, 0) is 172 Å². The number of dihydropyridines is 1. The van der Waals surface area contributed by atoms with E-state index in [1.807, 2.05) is 18.5 Å². The SMILES string of the molecule is COc1cc2c(cc1O)C(CCC(O)CCC1=C(Cc3cc[nH]c3)CNC(N)=C1)C#CC1(CCC(CC(CCCO)C3CNC4CC(=O)CCC4C3)CC1O)C(=O)CC2. The summed E-state index contributed by atoms with van der Waals surface area (Å²) in [5.41, 5.74) is 10.3. The fraction of sp³-hybridized carbons (Fsp3) is 0.625. The van der Waals surface area contributed by atoms with Gasteiger partial charge in [0.05, 0.1) is 25.1 Å². The molecule has 9 atom stereocenters. The van der Waals surface area contributed by atoms with Crippen LogP contribution in [0.25, 0.3) is 0 Å². The molecular formula is C48H66N4O7. The van der Waals surface area contributed by atoms with E-state index in [4.69, 9.17) is 10.5 Å². The molecule has 59 heavy (non-hydrogen) atoms. The summed E-state index contributed by atoms with van der Waals surface area (Å²) >= 11 is 0. The van der Waals surface area contributed by atoms with Crippen molar-refractivity contribution >= 4 is 11.6 Å². The molecule has 0 radical (unpaired) electrons. The molecule has 2 aliphatic heterocycles. The number of ketones is 2. The van der Waals surface area contributed by atoms with Crippen molar-refractivity contribution in [2.75, 3.05) is 26.8 Å². The van der Waals surface area contributed by atoms with Crippen LogP contribution in [-0.4, -0.2) is 82.0 Å². The van der Waals surface area contributed by atoms with Gasteiger partial charge < -0.3 is 46.5 Å². The summed E-state index contributed by atoms with van der Waals surface area (Å²) < 4.78 is 5.48. The highest BCUT2D eigenvalue weighted by molar-refractivity contribution is 5.89. The van der Waals surface area contributed by atoms with Crippen LogP contribution in [0.4, 0.5) is 0 Å². The van der Waals surface area contributed by atoms with Gasteiger partial charge in [-0.1, -0.05) is 11.8 Å². The number of rotatable bonds is 15. The van der Waals surface area contributed by atoms with E-state index in [1.165, 1.54) is 18.2 Å². The molecule has 1 aromatic carbocycles. The average molecular weight is 811 g/mol. The zero-order valence-corrected chi connectivity index (χ0v) is 34.8.